The molecule has 6 heteroatoms. The van der Waals surface area contributed by atoms with Gasteiger partial charge in [-0.1, -0.05) is 17.7 Å². The first kappa shape index (κ1) is 18.2. The van der Waals surface area contributed by atoms with Crippen molar-refractivity contribution in [3.8, 4) is 0 Å². The van der Waals surface area contributed by atoms with E-state index < -0.39 is 23.7 Å². The molecule has 1 N–H and O–H groups in total. The maximum Gasteiger partial charge on any atom is 0.244 e. The number of benzene rings is 2. The minimum Gasteiger partial charge on any atom is -0.322 e. The van der Waals surface area contributed by atoms with Crippen LogP contribution in [0.25, 0.3) is 0 Å². The number of imide groups is 1. The van der Waals surface area contributed by atoms with Crippen molar-refractivity contribution in [2.45, 2.75) is 31.8 Å². The maximum absolute atomic E-state index is 13.4. The zero-order valence-corrected chi connectivity index (χ0v) is 16.1. The number of nitrogens with one attached hydrogen (secondary N) is 1. The number of anilines is 1. The quantitative estimate of drug-likeness (QED) is 0.636. The second-order valence-electron chi connectivity index (χ2n) is 8.32. The number of quaternary nitrogens is 1. The van der Waals surface area contributed by atoms with E-state index in [1.165, 1.54) is 29.2 Å². The second-order valence-corrected chi connectivity index (χ2v) is 8.32. The molecule has 2 amide bonds. The van der Waals surface area contributed by atoms with Gasteiger partial charge in [0.05, 0.1) is 12.2 Å². The van der Waals surface area contributed by atoms with Gasteiger partial charge in [-0.15, -0.1) is 0 Å². The smallest absolute Gasteiger partial charge is 0.244 e. The van der Waals surface area contributed by atoms with E-state index in [4.69, 9.17) is 0 Å². The van der Waals surface area contributed by atoms with Crippen LogP contribution in [0, 0.1) is 24.6 Å². The maximum atomic E-state index is 13.4. The Balaban J connectivity index is 1.54. The number of carbonyl (C=O) groups excluding carboxylic acids is 3. The Morgan fingerprint density at radius 1 is 1.00 bits per heavy atom. The molecule has 5 atom stereocenters. The Morgan fingerprint density at radius 2 is 1.66 bits per heavy atom. The van der Waals surface area contributed by atoms with E-state index >= 15 is 0 Å². The van der Waals surface area contributed by atoms with Crippen molar-refractivity contribution in [1.82, 2.24) is 0 Å². The van der Waals surface area contributed by atoms with E-state index in [-0.39, 0.29) is 23.6 Å². The molecule has 29 heavy (non-hydrogen) atoms. The van der Waals surface area contributed by atoms with Crippen molar-refractivity contribution in [1.29, 1.82) is 0 Å². The first-order chi connectivity index (χ1) is 14.0. The van der Waals surface area contributed by atoms with Crippen LogP contribution < -0.4 is 9.80 Å². The summed E-state index contributed by atoms with van der Waals surface area (Å²) in [5, 5.41) is 0. The van der Waals surface area contributed by atoms with Crippen LogP contribution in [-0.4, -0.2) is 36.2 Å². The van der Waals surface area contributed by atoms with E-state index in [1.54, 1.807) is 12.1 Å². The molecule has 3 heterocycles. The van der Waals surface area contributed by atoms with Crippen molar-refractivity contribution in [3.05, 3.63) is 65.5 Å². The lowest BCUT2D eigenvalue weighted by Gasteiger charge is -2.25. The molecule has 3 aliphatic heterocycles. The average Bonchev–Trinajstić information content (AvgIpc) is 3.35. The van der Waals surface area contributed by atoms with Gasteiger partial charge in [0.2, 0.25) is 17.6 Å². The summed E-state index contributed by atoms with van der Waals surface area (Å²) in [5.41, 5.74) is 2.00. The molecule has 148 valence electrons. The molecule has 0 radical (unpaired) electrons. The SMILES string of the molecule is Cc1ccc(N2C(=O)[C@@H]3[C@@H](C2=O)[C@@H]2CCC[NH+]2[C@@H]3C(=O)c2ccc(F)cc2)cc1. The minimum atomic E-state index is -0.651. The number of aryl methyl sites for hydroxylation is 1. The van der Waals surface area contributed by atoms with E-state index in [1.807, 2.05) is 19.1 Å². The first-order valence-corrected chi connectivity index (χ1v) is 10.1. The Labute approximate surface area is 168 Å². The van der Waals surface area contributed by atoms with Crippen LogP contribution in [0.5, 0.6) is 0 Å². The lowest BCUT2D eigenvalue weighted by Crippen LogP contribution is -3.16. The molecule has 0 aromatic heterocycles. The zero-order chi connectivity index (χ0) is 20.3. The van der Waals surface area contributed by atoms with Crippen molar-refractivity contribution in [3.63, 3.8) is 0 Å². The number of rotatable bonds is 3. The average molecular weight is 393 g/mol. The topological polar surface area (TPSA) is 58.9 Å². The Morgan fingerprint density at radius 3 is 2.34 bits per heavy atom. The highest BCUT2D eigenvalue weighted by atomic mass is 19.1. The first-order valence-electron chi connectivity index (χ1n) is 10.1. The summed E-state index contributed by atoms with van der Waals surface area (Å²) in [5.74, 6) is -2.17. The summed E-state index contributed by atoms with van der Waals surface area (Å²) >= 11 is 0. The summed E-state index contributed by atoms with van der Waals surface area (Å²) in [7, 11) is 0. The highest BCUT2D eigenvalue weighted by Gasteiger charge is 2.68. The molecule has 5 nitrogen and oxygen atoms in total. The number of fused-ring (bicyclic) bond motifs is 3. The fraction of sp³-hybridized carbons (Fsp3) is 0.348. The van der Waals surface area contributed by atoms with Crippen molar-refractivity contribution in [2.75, 3.05) is 11.4 Å². The number of hydrogen-bond acceptors (Lipinski definition) is 3. The van der Waals surface area contributed by atoms with Gasteiger partial charge in [-0.05, 0) is 43.3 Å². The second kappa shape index (κ2) is 6.59. The van der Waals surface area contributed by atoms with Gasteiger partial charge in [0.25, 0.3) is 0 Å². The normalized spacial score (nSPS) is 30.6. The molecule has 2 aromatic rings. The summed E-state index contributed by atoms with van der Waals surface area (Å²) in [6.45, 7) is 2.73. The minimum absolute atomic E-state index is 0.0127. The molecular weight excluding hydrogens is 371 g/mol. The van der Waals surface area contributed by atoms with Crippen LogP contribution in [-0.2, 0) is 9.59 Å². The van der Waals surface area contributed by atoms with Gasteiger partial charge < -0.3 is 4.90 Å². The summed E-state index contributed by atoms with van der Waals surface area (Å²) < 4.78 is 13.3. The number of halogens is 1. The van der Waals surface area contributed by atoms with Crippen LogP contribution in [0.1, 0.15) is 28.8 Å². The highest BCUT2D eigenvalue weighted by molar-refractivity contribution is 6.24. The summed E-state index contributed by atoms with van der Waals surface area (Å²) in [4.78, 5) is 42.4. The van der Waals surface area contributed by atoms with Gasteiger partial charge in [-0.25, -0.2) is 9.29 Å². The van der Waals surface area contributed by atoms with Crippen LogP contribution in [0.3, 0.4) is 0 Å². The molecule has 0 aliphatic carbocycles. The Hall–Kier alpha value is -2.86. The van der Waals surface area contributed by atoms with Crippen molar-refractivity contribution < 1.29 is 23.7 Å². The summed E-state index contributed by atoms with van der Waals surface area (Å²) in [6.07, 6.45) is 1.77. The molecular formula is C23H22FN2O3+. The lowest BCUT2D eigenvalue weighted by atomic mass is 9.85. The van der Waals surface area contributed by atoms with Gasteiger partial charge in [-0.2, -0.15) is 0 Å². The van der Waals surface area contributed by atoms with E-state index in [0.29, 0.717) is 11.3 Å². The van der Waals surface area contributed by atoms with Gasteiger partial charge in [-0.3, -0.25) is 14.4 Å². The van der Waals surface area contributed by atoms with Crippen LogP contribution in [0.15, 0.2) is 48.5 Å². The van der Waals surface area contributed by atoms with Gasteiger partial charge >= 0.3 is 0 Å². The van der Waals surface area contributed by atoms with Crippen molar-refractivity contribution >= 4 is 23.3 Å². The van der Waals surface area contributed by atoms with E-state index in [2.05, 4.69) is 0 Å². The van der Waals surface area contributed by atoms with Gasteiger partial charge in [0, 0.05) is 18.4 Å². The monoisotopic (exact) mass is 393 g/mol. The molecule has 2 aromatic carbocycles. The predicted octanol–water partition coefficient (Wildman–Crippen LogP) is 1.55. The molecule has 3 saturated heterocycles. The molecule has 3 fully saturated rings. The third-order valence-electron chi connectivity index (χ3n) is 6.75. The third-order valence-corrected chi connectivity index (χ3v) is 6.75. The third kappa shape index (κ3) is 2.66. The molecule has 0 saturated carbocycles. The fourth-order valence-electron chi connectivity index (χ4n) is 5.48. The van der Waals surface area contributed by atoms with E-state index in [9.17, 15) is 18.8 Å². The zero-order valence-electron chi connectivity index (χ0n) is 16.1. The van der Waals surface area contributed by atoms with Gasteiger partial charge in [0.15, 0.2) is 6.04 Å². The molecule has 1 unspecified atom stereocenters. The Bertz CT molecular complexity index is 1000. The molecule has 3 aliphatic rings. The number of amides is 2. The Kier molecular flexibility index (Phi) is 4.13. The van der Waals surface area contributed by atoms with Crippen LogP contribution in [0.2, 0.25) is 0 Å². The largest absolute Gasteiger partial charge is 0.322 e. The highest BCUT2D eigenvalue weighted by Crippen LogP contribution is 2.40. The number of Topliss-reactive ketones (excluding diaryl/α,β-unsaturated/α-hetero) is 1. The van der Waals surface area contributed by atoms with Gasteiger partial charge in [0.1, 0.15) is 23.7 Å². The number of carbonyl (C=O) groups is 3. The van der Waals surface area contributed by atoms with Crippen molar-refractivity contribution in [2.24, 2.45) is 11.8 Å². The molecule has 5 rings (SSSR count). The fourth-order valence-corrected chi connectivity index (χ4v) is 5.48. The van der Waals surface area contributed by atoms with E-state index in [0.717, 1.165) is 29.8 Å². The predicted molar refractivity (Wildman–Crippen MR) is 104 cm³/mol. The number of ketones is 1. The standard InChI is InChI=1S/C23H21FN2O3/c1-13-4-10-16(11-5-13)26-22(28)18-17-3-2-12-25(17)20(19(18)23(26)29)21(27)14-6-8-15(24)9-7-14/h4-11,17-20H,2-3,12H2,1H3/p+1/t17-,18-,19+,20-/m0/s1. The summed E-state index contributed by atoms with van der Waals surface area (Å²) in [6, 6.07) is 12.2. The number of nitrogens with zero attached hydrogens (tertiary/aromatic N) is 1. The number of hydrogen-bond donors (Lipinski definition) is 1. The molecule has 0 spiro atoms. The van der Waals surface area contributed by atoms with Crippen LogP contribution >= 0.6 is 0 Å². The van der Waals surface area contributed by atoms with Crippen LogP contribution in [0.4, 0.5) is 10.1 Å². The lowest BCUT2D eigenvalue weighted by molar-refractivity contribution is -0.915. The molecule has 0 bridgehead atoms.